The lowest BCUT2D eigenvalue weighted by Gasteiger charge is -2.19. The molecule has 206 valence electrons. The number of alkyl halides is 3. The number of halogens is 3. The fourth-order valence-electron chi connectivity index (χ4n) is 4.07. The molecule has 1 atom stereocenters. The van der Waals surface area contributed by atoms with Crippen molar-refractivity contribution in [3.63, 3.8) is 0 Å². The van der Waals surface area contributed by atoms with Crippen LogP contribution < -0.4 is 5.32 Å². The maximum Gasteiger partial charge on any atom is 0.416 e. The highest BCUT2D eigenvalue weighted by molar-refractivity contribution is 5.96. The Morgan fingerprint density at radius 2 is 1.30 bits per heavy atom. The molecule has 0 aliphatic heterocycles. The third-order valence-electron chi connectivity index (χ3n) is 6.47. The molecule has 3 aromatic carbocycles. The molecule has 40 heavy (non-hydrogen) atoms. The van der Waals surface area contributed by atoms with Crippen LogP contribution in [0, 0.1) is 0 Å². The number of aliphatic carboxylic acids is 1. The maximum absolute atomic E-state index is 12.8. The minimum Gasteiger partial charge on any atom is -0.480 e. The fraction of sp³-hybridized carbons (Fsp3) is 0.226. The van der Waals surface area contributed by atoms with Gasteiger partial charge in [0, 0.05) is 35.5 Å². The van der Waals surface area contributed by atoms with Crippen molar-refractivity contribution >= 4 is 11.9 Å². The molecule has 0 bridgehead atoms. The third-order valence-corrected chi connectivity index (χ3v) is 6.47. The average molecular weight is 548 g/mol. The van der Waals surface area contributed by atoms with Gasteiger partial charge in [0.25, 0.3) is 5.91 Å². The van der Waals surface area contributed by atoms with E-state index in [1.807, 2.05) is 12.1 Å². The van der Waals surface area contributed by atoms with Gasteiger partial charge in [-0.15, -0.1) is 0 Å². The van der Waals surface area contributed by atoms with Crippen LogP contribution >= 0.6 is 0 Å². The molecule has 1 amide bonds. The molecule has 2 N–H and O–H groups in total. The van der Waals surface area contributed by atoms with Crippen molar-refractivity contribution in [3.8, 4) is 22.5 Å². The quantitative estimate of drug-likeness (QED) is 0.274. The summed E-state index contributed by atoms with van der Waals surface area (Å²) < 4.78 is 38.4. The molecule has 1 aromatic heterocycles. The van der Waals surface area contributed by atoms with Gasteiger partial charge in [0.05, 0.1) is 5.56 Å². The van der Waals surface area contributed by atoms with E-state index in [-0.39, 0.29) is 11.8 Å². The number of hydrogen-bond acceptors (Lipinski definition) is 4. The monoisotopic (exact) mass is 547 g/mol. The maximum atomic E-state index is 12.8. The third kappa shape index (κ3) is 6.91. The summed E-state index contributed by atoms with van der Waals surface area (Å²) in [5.74, 6) is -1.21. The fourth-order valence-corrected chi connectivity index (χ4v) is 4.07. The number of nitrogens with zero attached hydrogens (tertiary/aromatic N) is 2. The SMILES string of the molecule is CC(C)(C)c1ccc(C(=O)N[C@@H](Cc2ccc(-c3ncc(-c4ccc(C(F)(F)F)cc4)cn3)cc2)C(=O)O)cc1. The number of carbonyl (C=O) groups excluding carboxylic acids is 1. The van der Waals surface area contributed by atoms with Gasteiger partial charge in [-0.1, -0.05) is 69.3 Å². The largest absolute Gasteiger partial charge is 0.480 e. The van der Waals surface area contributed by atoms with E-state index < -0.39 is 29.7 Å². The van der Waals surface area contributed by atoms with Gasteiger partial charge in [0.15, 0.2) is 5.82 Å². The Morgan fingerprint density at radius 3 is 1.80 bits per heavy atom. The first-order valence-electron chi connectivity index (χ1n) is 12.5. The van der Waals surface area contributed by atoms with Crippen LogP contribution in [-0.2, 0) is 22.8 Å². The lowest BCUT2D eigenvalue weighted by molar-refractivity contribution is -0.139. The van der Waals surface area contributed by atoms with Crippen LogP contribution in [0.2, 0.25) is 0 Å². The van der Waals surface area contributed by atoms with E-state index in [0.717, 1.165) is 17.7 Å². The number of rotatable bonds is 7. The average Bonchev–Trinajstić information content (AvgIpc) is 2.92. The first-order valence-corrected chi connectivity index (χ1v) is 12.5. The molecule has 0 saturated heterocycles. The molecular weight excluding hydrogens is 519 g/mol. The van der Waals surface area contributed by atoms with Crippen molar-refractivity contribution in [2.75, 3.05) is 0 Å². The van der Waals surface area contributed by atoms with Crippen molar-refractivity contribution in [1.82, 2.24) is 15.3 Å². The summed E-state index contributed by atoms with van der Waals surface area (Å²) in [5, 5.41) is 12.3. The van der Waals surface area contributed by atoms with Crippen LogP contribution in [0.3, 0.4) is 0 Å². The molecule has 0 fully saturated rings. The van der Waals surface area contributed by atoms with Crippen LogP contribution in [0.5, 0.6) is 0 Å². The molecule has 0 aliphatic carbocycles. The van der Waals surface area contributed by atoms with Crippen LogP contribution in [0.1, 0.15) is 47.8 Å². The van der Waals surface area contributed by atoms with Crippen LogP contribution in [0.15, 0.2) is 85.2 Å². The summed E-state index contributed by atoms with van der Waals surface area (Å²) in [4.78, 5) is 33.2. The van der Waals surface area contributed by atoms with Gasteiger partial charge in [-0.2, -0.15) is 13.2 Å². The molecule has 0 radical (unpaired) electrons. The highest BCUT2D eigenvalue weighted by Crippen LogP contribution is 2.31. The van der Waals surface area contributed by atoms with Crippen LogP contribution in [-0.4, -0.2) is 33.0 Å². The normalized spacial score (nSPS) is 12.6. The molecule has 9 heteroatoms. The van der Waals surface area contributed by atoms with Gasteiger partial charge in [0.1, 0.15) is 6.04 Å². The van der Waals surface area contributed by atoms with E-state index in [9.17, 15) is 27.9 Å². The van der Waals surface area contributed by atoms with Gasteiger partial charge in [-0.25, -0.2) is 14.8 Å². The minimum absolute atomic E-state index is 0.0656. The Bertz CT molecular complexity index is 1480. The molecular formula is C31H28F3N3O3. The Labute approximate surface area is 229 Å². The number of benzene rings is 3. The number of carboxylic acids is 1. The second-order valence-electron chi connectivity index (χ2n) is 10.5. The molecule has 0 aliphatic rings. The summed E-state index contributed by atoms with van der Waals surface area (Å²) in [6, 6.07) is 17.7. The molecule has 4 rings (SSSR count). The highest BCUT2D eigenvalue weighted by atomic mass is 19.4. The van der Waals surface area contributed by atoms with Crippen LogP contribution in [0.4, 0.5) is 13.2 Å². The smallest absolute Gasteiger partial charge is 0.416 e. The standard InChI is InChI=1S/C31H28F3N3O3/c1-30(2,3)24-12-10-22(11-13-24)28(38)37-26(29(39)40)16-19-4-6-21(7-5-19)27-35-17-23(18-36-27)20-8-14-25(15-9-20)31(32,33)34/h4-15,17-18,26H,16H2,1-3H3,(H,37,38)(H,39,40)/t26-/m0/s1. The van der Waals surface area contributed by atoms with Crippen LogP contribution in [0.25, 0.3) is 22.5 Å². The lowest BCUT2D eigenvalue weighted by atomic mass is 9.86. The summed E-state index contributed by atoms with van der Waals surface area (Å²) in [6.45, 7) is 6.20. The van der Waals surface area contributed by atoms with Crippen molar-refractivity contribution in [1.29, 1.82) is 0 Å². The molecule has 6 nitrogen and oxygen atoms in total. The number of aromatic nitrogens is 2. The number of amides is 1. The molecule has 4 aromatic rings. The summed E-state index contributed by atoms with van der Waals surface area (Å²) in [6.07, 6.45) is -1.26. The second kappa shape index (κ2) is 11.3. The Hall–Kier alpha value is -4.53. The van der Waals surface area contributed by atoms with E-state index in [1.54, 1.807) is 36.4 Å². The van der Waals surface area contributed by atoms with Crippen molar-refractivity contribution in [2.45, 2.75) is 44.8 Å². The predicted octanol–water partition coefficient (Wildman–Crippen LogP) is 6.55. The zero-order chi connectivity index (χ0) is 29.1. The number of carboxylic acid groups (broad SMARTS) is 1. The molecule has 0 saturated carbocycles. The number of hydrogen-bond donors (Lipinski definition) is 2. The topological polar surface area (TPSA) is 92.2 Å². The molecule has 1 heterocycles. The molecule has 0 unspecified atom stereocenters. The van der Waals surface area contributed by atoms with Crippen molar-refractivity contribution in [2.24, 2.45) is 0 Å². The minimum atomic E-state index is -4.40. The van der Waals surface area contributed by atoms with E-state index >= 15 is 0 Å². The van der Waals surface area contributed by atoms with E-state index in [0.29, 0.717) is 33.6 Å². The van der Waals surface area contributed by atoms with E-state index in [1.165, 1.54) is 24.5 Å². The number of nitrogens with one attached hydrogen (secondary N) is 1. The first kappa shape index (κ1) is 28.5. The Balaban J connectivity index is 1.41. The lowest BCUT2D eigenvalue weighted by Crippen LogP contribution is -2.42. The highest BCUT2D eigenvalue weighted by Gasteiger charge is 2.30. The van der Waals surface area contributed by atoms with Gasteiger partial charge < -0.3 is 10.4 Å². The second-order valence-corrected chi connectivity index (χ2v) is 10.5. The van der Waals surface area contributed by atoms with Crippen molar-refractivity contribution < 1.29 is 27.9 Å². The predicted molar refractivity (Wildman–Crippen MR) is 146 cm³/mol. The summed E-state index contributed by atoms with van der Waals surface area (Å²) in [5.41, 5.74) is 3.16. The molecule has 0 spiro atoms. The van der Waals surface area contributed by atoms with Crippen molar-refractivity contribution in [3.05, 3.63) is 107 Å². The summed E-state index contributed by atoms with van der Waals surface area (Å²) in [7, 11) is 0. The van der Waals surface area contributed by atoms with E-state index in [2.05, 4.69) is 36.1 Å². The Morgan fingerprint density at radius 1 is 0.775 bits per heavy atom. The zero-order valence-corrected chi connectivity index (χ0v) is 22.2. The van der Waals surface area contributed by atoms with Gasteiger partial charge in [0.2, 0.25) is 0 Å². The van der Waals surface area contributed by atoms with Gasteiger partial charge >= 0.3 is 12.1 Å². The van der Waals surface area contributed by atoms with Gasteiger partial charge in [-0.3, -0.25) is 4.79 Å². The van der Waals surface area contributed by atoms with Gasteiger partial charge in [-0.05, 0) is 46.4 Å². The Kier molecular flexibility index (Phi) is 8.04. The zero-order valence-electron chi connectivity index (χ0n) is 22.2. The number of carbonyl (C=O) groups is 2. The first-order chi connectivity index (χ1) is 18.8. The van der Waals surface area contributed by atoms with E-state index in [4.69, 9.17) is 0 Å². The summed E-state index contributed by atoms with van der Waals surface area (Å²) >= 11 is 0.